The highest BCUT2D eigenvalue weighted by Crippen LogP contribution is 2.34. The van der Waals surface area contributed by atoms with Crippen LogP contribution < -0.4 is 16.0 Å². The number of hydrogen-bond acceptors (Lipinski definition) is 6. The van der Waals surface area contributed by atoms with E-state index >= 15 is 0 Å². The third-order valence-electron chi connectivity index (χ3n) is 4.45. The molecule has 2 heterocycles. The maximum atomic E-state index is 5.86. The van der Waals surface area contributed by atoms with E-state index in [0.717, 1.165) is 18.8 Å². The molecule has 1 aromatic rings. The van der Waals surface area contributed by atoms with Gasteiger partial charge in [-0.2, -0.15) is 0 Å². The second-order valence-electron chi connectivity index (χ2n) is 6.11. The zero-order valence-electron chi connectivity index (χ0n) is 13.3. The number of nitrogens with two attached hydrogens (primary N) is 1. The predicted octanol–water partition coefficient (Wildman–Crippen LogP) is 1.64. The van der Waals surface area contributed by atoms with Gasteiger partial charge in [-0.3, -0.25) is 15.7 Å². The lowest BCUT2D eigenvalue weighted by Gasteiger charge is -2.43. The molecule has 2 rings (SSSR count). The van der Waals surface area contributed by atoms with Crippen molar-refractivity contribution in [2.75, 3.05) is 20.2 Å². The number of likely N-dealkylation sites (tertiary alicyclic amines) is 1. The average Bonchev–Trinajstić information content (AvgIpc) is 2.78. The summed E-state index contributed by atoms with van der Waals surface area (Å²) in [5, 5.41) is 0. The van der Waals surface area contributed by atoms with Crippen LogP contribution in [0.25, 0.3) is 0 Å². The summed E-state index contributed by atoms with van der Waals surface area (Å²) in [6.07, 6.45) is 8.40. The van der Waals surface area contributed by atoms with Crippen LogP contribution in [0.1, 0.15) is 51.3 Å². The second-order valence-corrected chi connectivity index (χ2v) is 6.11. The van der Waals surface area contributed by atoms with E-state index in [-0.39, 0.29) is 11.6 Å². The van der Waals surface area contributed by atoms with E-state index < -0.39 is 0 Å². The van der Waals surface area contributed by atoms with Gasteiger partial charge in [0, 0.05) is 17.9 Å². The molecule has 0 radical (unpaired) electrons. The van der Waals surface area contributed by atoms with Gasteiger partial charge in [0.05, 0.1) is 13.2 Å². The van der Waals surface area contributed by atoms with Crippen LogP contribution in [0.2, 0.25) is 0 Å². The van der Waals surface area contributed by atoms with Gasteiger partial charge in [0.25, 0.3) is 0 Å². The first kappa shape index (κ1) is 16.1. The van der Waals surface area contributed by atoms with Crippen LogP contribution >= 0.6 is 0 Å². The normalized spacial score (nSPS) is 19.0. The van der Waals surface area contributed by atoms with Gasteiger partial charge in [-0.15, -0.1) is 0 Å². The zero-order valence-corrected chi connectivity index (χ0v) is 13.3. The number of methoxy groups -OCH3 is 1. The summed E-state index contributed by atoms with van der Waals surface area (Å²) >= 11 is 0. The van der Waals surface area contributed by atoms with Crippen LogP contribution in [0.3, 0.4) is 0 Å². The third-order valence-corrected chi connectivity index (χ3v) is 4.45. The van der Waals surface area contributed by atoms with Crippen LogP contribution in [0.15, 0.2) is 12.4 Å². The van der Waals surface area contributed by atoms with E-state index in [2.05, 4.69) is 34.1 Å². The van der Waals surface area contributed by atoms with Gasteiger partial charge in [-0.25, -0.2) is 10.4 Å². The highest BCUT2D eigenvalue weighted by atomic mass is 16.5. The van der Waals surface area contributed by atoms with E-state index in [0.29, 0.717) is 5.88 Å². The monoisotopic (exact) mass is 293 g/mol. The fraction of sp³-hybridized carbons (Fsp3) is 0.733. The lowest BCUT2D eigenvalue weighted by molar-refractivity contribution is 0.0804. The molecule has 1 unspecified atom stereocenters. The summed E-state index contributed by atoms with van der Waals surface area (Å²) in [6, 6.07) is -0.140. The van der Waals surface area contributed by atoms with E-state index in [4.69, 9.17) is 10.6 Å². The number of ether oxygens (including phenoxy) is 1. The first-order valence-corrected chi connectivity index (χ1v) is 7.67. The van der Waals surface area contributed by atoms with Crippen molar-refractivity contribution in [3.8, 4) is 5.88 Å². The Morgan fingerprint density at radius 1 is 1.19 bits per heavy atom. The van der Waals surface area contributed by atoms with Gasteiger partial charge in [0.1, 0.15) is 5.69 Å². The number of hydrazine groups is 1. The first-order valence-electron chi connectivity index (χ1n) is 7.67. The summed E-state index contributed by atoms with van der Waals surface area (Å²) in [7, 11) is 1.61. The summed E-state index contributed by atoms with van der Waals surface area (Å²) in [6.45, 7) is 6.59. The molecule has 0 bridgehead atoms. The van der Waals surface area contributed by atoms with E-state index in [1.165, 1.54) is 25.7 Å². The average molecular weight is 293 g/mol. The molecule has 0 saturated carbocycles. The molecular weight excluding hydrogens is 266 g/mol. The molecule has 1 atom stereocenters. The molecule has 0 spiro atoms. The maximum absolute atomic E-state index is 5.86. The van der Waals surface area contributed by atoms with E-state index in [1.54, 1.807) is 19.5 Å². The standard InChI is InChI=1S/C15H27N5O/c1-15(2,20-10-6-4-5-7-11-20)13(19-16)12-14(21-3)18-9-8-17-12/h8-9,13,19H,4-7,10-11,16H2,1-3H3. The minimum atomic E-state index is -0.164. The van der Waals surface area contributed by atoms with Gasteiger partial charge in [-0.05, 0) is 39.8 Å². The molecule has 0 aliphatic carbocycles. The molecule has 1 aliphatic heterocycles. The lowest BCUT2D eigenvalue weighted by Crippen LogP contribution is -2.54. The smallest absolute Gasteiger partial charge is 0.237 e. The van der Waals surface area contributed by atoms with Crippen molar-refractivity contribution in [1.82, 2.24) is 20.3 Å². The van der Waals surface area contributed by atoms with Gasteiger partial charge in [0.15, 0.2) is 0 Å². The van der Waals surface area contributed by atoms with Gasteiger partial charge < -0.3 is 4.74 Å². The zero-order chi connectivity index (χ0) is 15.3. The highest BCUT2D eigenvalue weighted by Gasteiger charge is 2.38. The maximum Gasteiger partial charge on any atom is 0.237 e. The Hall–Kier alpha value is -1.24. The third kappa shape index (κ3) is 3.51. The molecule has 21 heavy (non-hydrogen) atoms. The molecule has 1 aromatic heterocycles. The van der Waals surface area contributed by atoms with Crippen molar-refractivity contribution in [3.05, 3.63) is 18.1 Å². The molecule has 1 aliphatic rings. The van der Waals surface area contributed by atoms with Gasteiger partial charge in [0.2, 0.25) is 5.88 Å². The van der Waals surface area contributed by atoms with Crippen LogP contribution in [0, 0.1) is 0 Å². The number of nitrogens with one attached hydrogen (secondary N) is 1. The van der Waals surface area contributed by atoms with Gasteiger partial charge >= 0.3 is 0 Å². The molecule has 1 saturated heterocycles. The van der Waals surface area contributed by atoms with Crippen molar-refractivity contribution in [3.63, 3.8) is 0 Å². The van der Waals surface area contributed by atoms with Crippen molar-refractivity contribution < 1.29 is 4.74 Å². The van der Waals surface area contributed by atoms with Crippen LogP contribution in [0.5, 0.6) is 5.88 Å². The SMILES string of the molecule is COc1nccnc1C(NN)C(C)(C)N1CCCCCC1. The van der Waals surface area contributed by atoms with Crippen molar-refractivity contribution in [2.24, 2.45) is 5.84 Å². The Bertz CT molecular complexity index is 443. The Morgan fingerprint density at radius 2 is 1.81 bits per heavy atom. The number of hydrogen-bond donors (Lipinski definition) is 2. The predicted molar refractivity (Wildman–Crippen MR) is 82.8 cm³/mol. The largest absolute Gasteiger partial charge is 0.480 e. The van der Waals surface area contributed by atoms with E-state index in [1.807, 2.05) is 0 Å². The van der Waals surface area contributed by atoms with Crippen molar-refractivity contribution >= 4 is 0 Å². The minimum Gasteiger partial charge on any atom is -0.480 e. The molecular formula is C15H27N5O. The fourth-order valence-electron chi connectivity index (χ4n) is 3.14. The van der Waals surface area contributed by atoms with Gasteiger partial charge in [-0.1, -0.05) is 12.8 Å². The fourth-order valence-corrected chi connectivity index (χ4v) is 3.14. The summed E-state index contributed by atoms with van der Waals surface area (Å²) < 4.78 is 5.35. The first-order chi connectivity index (χ1) is 10.1. The van der Waals surface area contributed by atoms with E-state index in [9.17, 15) is 0 Å². The summed E-state index contributed by atoms with van der Waals surface area (Å²) in [4.78, 5) is 11.2. The van der Waals surface area contributed by atoms with Crippen molar-refractivity contribution in [2.45, 2.75) is 51.1 Å². The lowest BCUT2D eigenvalue weighted by atomic mass is 9.89. The Balaban J connectivity index is 2.29. The molecule has 0 aromatic carbocycles. The number of aromatic nitrogens is 2. The molecule has 0 amide bonds. The quantitative estimate of drug-likeness (QED) is 0.635. The number of rotatable bonds is 5. The molecule has 6 nitrogen and oxygen atoms in total. The molecule has 6 heteroatoms. The minimum absolute atomic E-state index is 0.140. The van der Waals surface area contributed by atoms with Crippen LogP contribution in [-0.2, 0) is 0 Å². The topological polar surface area (TPSA) is 76.3 Å². The summed E-state index contributed by atoms with van der Waals surface area (Å²) in [5.41, 5.74) is 3.52. The van der Waals surface area contributed by atoms with Crippen LogP contribution in [-0.4, -0.2) is 40.6 Å². The Morgan fingerprint density at radius 3 is 2.38 bits per heavy atom. The number of nitrogens with zero attached hydrogens (tertiary/aromatic N) is 3. The molecule has 3 N–H and O–H groups in total. The van der Waals surface area contributed by atoms with Crippen LogP contribution in [0.4, 0.5) is 0 Å². The Kier molecular flexibility index (Phi) is 5.50. The summed E-state index contributed by atoms with van der Waals surface area (Å²) in [5.74, 6) is 6.39. The molecule has 118 valence electrons. The molecule has 1 fully saturated rings. The Labute approximate surface area is 127 Å². The highest BCUT2D eigenvalue weighted by molar-refractivity contribution is 5.24. The second kappa shape index (κ2) is 7.15. The van der Waals surface area contributed by atoms with Crippen molar-refractivity contribution in [1.29, 1.82) is 0 Å².